The Bertz CT molecular complexity index is 1140. The van der Waals surface area contributed by atoms with Crippen LogP contribution in [0.3, 0.4) is 0 Å². The average Bonchev–Trinajstić information content (AvgIpc) is 2.73. The van der Waals surface area contributed by atoms with Gasteiger partial charge in [0.25, 0.3) is 11.8 Å². The number of nitrogens with one attached hydrogen (secondary N) is 1. The maximum Gasteiger partial charge on any atom is 0.336 e. The predicted octanol–water partition coefficient (Wildman–Crippen LogP) is 2.95. The van der Waals surface area contributed by atoms with Crippen molar-refractivity contribution in [1.29, 1.82) is 0 Å². The summed E-state index contributed by atoms with van der Waals surface area (Å²) in [6, 6.07) is 13.6. The molecule has 0 saturated carbocycles. The molecule has 142 valence electrons. The standard InChI is InChI=1S/C21H13FN4O3/c22-16-8-4-5-9-17(16)26-20(28)15(19(27)25-21(26)29)10-13-11-23-18(24-12-13)14-6-2-1-3-7-14/h1-12H,(H,25,27,29). The summed E-state index contributed by atoms with van der Waals surface area (Å²) in [4.78, 5) is 46.1. The van der Waals surface area contributed by atoms with Crippen molar-refractivity contribution in [3.8, 4) is 11.4 Å². The first-order chi connectivity index (χ1) is 14.0. The number of carbonyl (C=O) groups is 3. The van der Waals surface area contributed by atoms with Gasteiger partial charge >= 0.3 is 6.03 Å². The zero-order valence-corrected chi connectivity index (χ0v) is 14.9. The molecule has 1 aliphatic heterocycles. The highest BCUT2D eigenvalue weighted by Gasteiger charge is 2.37. The topological polar surface area (TPSA) is 92.3 Å². The smallest absolute Gasteiger partial charge is 0.273 e. The Labute approximate surface area is 164 Å². The molecular formula is C21H13FN4O3. The van der Waals surface area contributed by atoms with Gasteiger partial charge in [-0.1, -0.05) is 42.5 Å². The summed E-state index contributed by atoms with van der Waals surface area (Å²) < 4.78 is 14.1. The van der Waals surface area contributed by atoms with Crippen LogP contribution >= 0.6 is 0 Å². The monoisotopic (exact) mass is 388 g/mol. The first kappa shape index (κ1) is 18.2. The number of anilines is 1. The number of amides is 4. The van der Waals surface area contributed by atoms with Crippen molar-refractivity contribution < 1.29 is 18.8 Å². The lowest BCUT2D eigenvalue weighted by Gasteiger charge is -2.26. The maximum atomic E-state index is 14.1. The average molecular weight is 388 g/mol. The Balaban J connectivity index is 1.67. The highest BCUT2D eigenvalue weighted by atomic mass is 19.1. The Hall–Kier alpha value is -4.20. The van der Waals surface area contributed by atoms with Gasteiger partial charge in [0, 0.05) is 23.5 Å². The van der Waals surface area contributed by atoms with Crippen LogP contribution < -0.4 is 10.2 Å². The van der Waals surface area contributed by atoms with Crippen LogP contribution in [0.15, 0.2) is 72.6 Å². The van der Waals surface area contributed by atoms with Crippen LogP contribution in [0.25, 0.3) is 17.5 Å². The normalized spacial score (nSPS) is 15.6. The first-order valence-electron chi connectivity index (χ1n) is 8.58. The van der Waals surface area contributed by atoms with Crippen molar-refractivity contribution in [3.63, 3.8) is 0 Å². The lowest BCUT2D eigenvalue weighted by atomic mass is 10.1. The van der Waals surface area contributed by atoms with E-state index in [1.54, 1.807) is 0 Å². The van der Waals surface area contributed by atoms with E-state index in [0.29, 0.717) is 16.3 Å². The molecule has 0 bridgehead atoms. The van der Waals surface area contributed by atoms with Crippen LogP contribution in [0.2, 0.25) is 0 Å². The fraction of sp³-hybridized carbons (Fsp3) is 0. The van der Waals surface area contributed by atoms with Gasteiger partial charge in [-0.15, -0.1) is 0 Å². The zero-order chi connectivity index (χ0) is 20.4. The molecule has 0 atom stereocenters. The lowest BCUT2D eigenvalue weighted by molar-refractivity contribution is -0.122. The molecule has 1 saturated heterocycles. The third-order valence-electron chi connectivity index (χ3n) is 4.21. The number of aromatic nitrogens is 2. The predicted molar refractivity (Wildman–Crippen MR) is 103 cm³/mol. The van der Waals surface area contributed by atoms with Gasteiger partial charge in [-0.05, 0) is 18.2 Å². The van der Waals surface area contributed by atoms with E-state index in [9.17, 15) is 18.8 Å². The SMILES string of the molecule is O=C1NC(=O)N(c2ccccc2F)C(=O)C1=Cc1cnc(-c2ccccc2)nc1. The molecule has 4 amide bonds. The molecule has 0 aliphatic carbocycles. The van der Waals surface area contributed by atoms with E-state index in [1.807, 2.05) is 35.6 Å². The van der Waals surface area contributed by atoms with Crippen LogP contribution in [-0.2, 0) is 9.59 Å². The van der Waals surface area contributed by atoms with Gasteiger partial charge in [0.05, 0.1) is 5.69 Å². The second kappa shape index (κ2) is 7.43. The Kier molecular flexibility index (Phi) is 4.66. The molecule has 1 fully saturated rings. The second-order valence-corrected chi connectivity index (χ2v) is 6.12. The molecular weight excluding hydrogens is 375 g/mol. The van der Waals surface area contributed by atoms with Crippen molar-refractivity contribution in [2.45, 2.75) is 0 Å². The molecule has 2 heterocycles. The van der Waals surface area contributed by atoms with E-state index in [0.717, 1.165) is 11.6 Å². The summed E-state index contributed by atoms with van der Waals surface area (Å²) in [6.07, 6.45) is 4.16. The largest absolute Gasteiger partial charge is 0.336 e. The van der Waals surface area contributed by atoms with E-state index < -0.39 is 23.7 Å². The number of imide groups is 2. The zero-order valence-electron chi connectivity index (χ0n) is 14.9. The molecule has 8 heteroatoms. The number of urea groups is 1. The van der Waals surface area contributed by atoms with Crippen LogP contribution in [0, 0.1) is 5.82 Å². The summed E-state index contributed by atoms with van der Waals surface area (Å²) >= 11 is 0. The fourth-order valence-electron chi connectivity index (χ4n) is 2.82. The molecule has 2 aromatic carbocycles. The lowest BCUT2D eigenvalue weighted by Crippen LogP contribution is -2.54. The van der Waals surface area contributed by atoms with Gasteiger partial charge in [0.2, 0.25) is 0 Å². The van der Waals surface area contributed by atoms with Crippen LogP contribution in [0.4, 0.5) is 14.9 Å². The summed E-state index contributed by atoms with van der Waals surface area (Å²) in [7, 11) is 0. The van der Waals surface area contributed by atoms with Crippen molar-refractivity contribution in [2.75, 3.05) is 4.90 Å². The molecule has 1 aliphatic rings. The van der Waals surface area contributed by atoms with Crippen molar-refractivity contribution >= 4 is 29.6 Å². The second-order valence-electron chi connectivity index (χ2n) is 6.12. The van der Waals surface area contributed by atoms with Crippen molar-refractivity contribution in [1.82, 2.24) is 15.3 Å². The highest BCUT2D eigenvalue weighted by Crippen LogP contribution is 2.24. The molecule has 0 unspecified atom stereocenters. The van der Waals surface area contributed by atoms with E-state index in [1.165, 1.54) is 36.7 Å². The Morgan fingerprint density at radius 2 is 1.55 bits per heavy atom. The van der Waals surface area contributed by atoms with Crippen LogP contribution in [0.1, 0.15) is 5.56 Å². The van der Waals surface area contributed by atoms with Crippen LogP contribution in [0.5, 0.6) is 0 Å². The number of hydrogen-bond acceptors (Lipinski definition) is 5. The number of hydrogen-bond donors (Lipinski definition) is 1. The van der Waals surface area contributed by atoms with Gasteiger partial charge < -0.3 is 0 Å². The number of halogens is 1. The molecule has 1 N–H and O–H groups in total. The number of benzene rings is 2. The quantitative estimate of drug-likeness (QED) is 0.550. The summed E-state index contributed by atoms with van der Waals surface area (Å²) in [5, 5.41) is 2.04. The summed E-state index contributed by atoms with van der Waals surface area (Å²) in [5.74, 6) is -2.09. The van der Waals surface area contributed by atoms with Crippen molar-refractivity contribution in [2.24, 2.45) is 0 Å². The summed E-state index contributed by atoms with van der Waals surface area (Å²) in [6.45, 7) is 0. The summed E-state index contributed by atoms with van der Waals surface area (Å²) in [5.41, 5.74) is 0.619. The minimum atomic E-state index is -1.02. The van der Waals surface area contributed by atoms with Crippen LogP contribution in [-0.4, -0.2) is 27.8 Å². The number of rotatable bonds is 3. The van der Waals surface area contributed by atoms with Crippen molar-refractivity contribution in [3.05, 3.63) is 83.9 Å². The van der Waals surface area contributed by atoms with E-state index in [4.69, 9.17) is 0 Å². The van der Waals surface area contributed by atoms with Gasteiger partial charge in [-0.2, -0.15) is 0 Å². The van der Waals surface area contributed by atoms with E-state index >= 15 is 0 Å². The number of barbiturate groups is 1. The molecule has 29 heavy (non-hydrogen) atoms. The van der Waals surface area contributed by atoms with Gasteiger partial charge in [0.1, 0.15) is 11.4 Å². The molecule has 7 nitrogen and oxygen atoms in total. The third kappa shape index (κ3) is 3.51. The van der Waals surface area contributed by atoms with E-state index in [-0.39, 0.29) is 11.3 Å². The number of carbonyl (C=O) groups excluding carboxylic acids is 3. The number of nitrogens with zero attached hydrogens (tertiary/aromatic N) is 3. The fourth-order valence-corrected chi connectivity index (χ4v) is 2.82. The molecule has 0 radical (unpaired) electrons. The van der Waals surface area contributed by atoms with E-state index in [2.05, 4.69) is 9.97 Å². The molecule has 0 spiro atoms. The Morgan fingerprint density at radius 3 is 2.24 bits per heavy atom. The van der Waals surface area contributed by atoms with Gasteiger partial charge in [-0.3, -0.25) is 14.9 Å². The third-order valence-corrected chi connectivity index (χ3v) is 4.21. The minimum Gasteiger partial charge on any atom is -0.273 e. The molecule has 1 aromatic heterocycles. The van der Waals surface area contributed by atoms with Gasteiger partial charge in [-0.25, -0.2) is 24.1 Å². The van der Waals surface area contributed by atoms with Gasteiger partial charge in [0.15, 0.2) is 5.82 Å². The molecule has 4 rings (SSSR count). The highest BCUT2D eigenvalue weighted by molar-refractivity contribution is 6.39. The molecule has 3 aromatic rings. The number of para-hydroxylation sites is 1. The Morgan fingerprint density at radius 1 is 0.897 bits per heavy atom. The first-order valence-corrected chi connectivity index (χ1v) is 8.58. The maximum absolute atomic E-state index is 14.1. The minimum absolute atomic E-state index is 0.246.